The van der Waals surface area contributed by atoms with E-state index < -0.39 is 0 Å². The zero-order valence-electron chi connectivity index (χ0n) is 30.7. The molecule has 7 aromatic carbocycles. The number of hydrogen-bond acceptors (Lipinski definition) is 2. The quantitative estimate of drug-likeness (QED) is 0.127. The van der Waals surface area contributed by atoms with Gasteiger partial charge in [-0.25, -0.2) is 0 Å². The molecule has 7 rings (SSSR count). The van der Waals surface area contributed by atoms with Crippen molar-refractivity contribution in [2.75, 3.05) is 14.2 Å². The van der Waals surface area contributed by atoms with Gasteiger partial charge in [0.1, 0.15) is 5.75 Å². The molecular weight excluding hydrogens is 775 g/mol. The molecule has 0 aliphatic rings. The van der Waals surface area contributed by atoms with E-state index in [1.807, 2.05) is 30.3 Å². The van der Waals surface area contributed by atoms with Gasteiger partial charge in [-0.05, 0) is 16.9 Å². The molecule has 0 spiro atoms. The van der Waals surface area contributed by atoms with E-state index in [0.717, 1.165) is 46.5 Å². The predicted molar refractivity (Wildman–Crippen MR) is 211 cm³/mol. The maximum atomic E-state index is 5.37. The molecule has 0 radical (unpaired) electrons. The number of benzene rings is 5. The Bertz CT molecular complexity index is 2030. The van der Waals surface area contributed by atoms with Gasteiger partial charge in [0, 0.05) is 0 Å². The van der Waals surface area contributed by atoms with Crippen LogP contribution >= 0.6 is 0 Å². The van der Waals surface area contributed by atoms with Crippen molar-refractivity contribution < 1.29 is 33.4 Å². The molecule has 0 N–H and O–H groups in total. The fraction of sp³-hybridized carbons (Fsp3) is 0.213. The fourth-order valence-electron chi connectivity index (χ4n) is 6.00. The Kier molecular flexibility index (Phi) is 11.9. The van der Waals surface area contributed by atoms with E-state index in [0.29, 0.717) is 0 Å². The first kappa shape index (κ1) is 36.9. The Labute approximate surface area is 313 Å². The van der Waals surface area contributed by atoms with Gasteiger partial charge in [0.2, 0.25) is 0 Å². The van der Waals surface area contributed by atoms with Gasteiger partial charge in [0.25, 0.3) is 0 Å². The molecule has 0 heterocycles. The molecule has 0 aromatic heterocycles. The van der Waals surface area contributed by atoms with Crippen molar-refractivity contribution in [2.24, 2.45) is 0 Å². The molecular formula is C47H48HfO2. The van der Waals surface area contributed by atoms with Crippen LogP contribution in [0.25, 0.3) is 32.7 Å². The average Bonchev–Trinajstić information content (AvgIpc) is 3.79. The van der Waals surface area contributed by atoms with Crippen LogP contribution in [0.3, 0.4) is 0 Å². The van der Waals surface area contributed by atoms with Gasteiger partial charge < -0.3 is 9.47 Å². The number of rotatable bonds is 5. The molecule has 0 bridgehead atoms. The van der Waals surface area contributed by atoms with E-state index in [9.17, 15) is 0 Å². The molecule has 0 aliphatic heterocycles. The number of ether oxygens (including phenoxy) is 2. The van der Waals surface area contributed by atoms with Crippen LogP contribution in [-0.2, 0) is 34.7 Å². The van der Waals surface area contributed by atoms with Crippen LogP contribution in [0.1, 0.15) is 63.8 Å². The summed E-state index contributed by atoms with van der Waals surface area (Å²) in [7, 11) is 3.30. The SMILES string of the molecule is CC(C)(C)c1ccc2c(c1)[cH-]c1cc(C(C)(C)C)ccc12.COc1cccc(-c2ccc[cH-]2)c1OC.[Hf+2]=[C](c1ccccc1)c1ccccc1. The van der Waals surface area contributed by atoms with Crippen LogP contribution in [0, 0.1) is 0 Å². The summed E-state index contributed by atoms with van der Waals surface area (Å²) < 4.78 is 12.1. The van der Waals surface area contributed by atoms with Crippen molar-refractivity contribution in [3.8, 4) is 22.6 Å². The van der Waals surface area contributed by atoms with Gasteiger partial charge in [-0.15, -0.1) is 51.4 Å². The summed E-state index contributed by atoms with van der Waals surface area (Å²) in [6.07, 6.45) is 0. The fourth-order valence-corrected chi connectivity index (χ4v) is 7.20. The number of hydrogen-bond donors (Lipinski definition) is 0. The van der Waals surface area contributed by atoms with Gasteiger partial charge in [-0.1, -0.05) is 94.6 Å². The second-order valence-corrected chi connectivity index (χ2v) is 16.4. The van der Waals surface area contributed by atoms with Crippen molar-refractivity contribution >= 4 is 24.8 Å². The van der Waals surface area contributed by atoms with Crippen LogP contribution in [0.4, 0.5) is 0 Å². The normalized spacial score (nSPS) is 11.3. The van der Waals surface area contributed by atoms with E-state index in [2.05, 4.69) is 157 Å². The van der Waals surface area contributed by atoms with Gasteiger partial charge >= 0.3 is 98.9 Å². The molecule has 0 aliphatic carbocycles. The monoisotopic (exact) mass is 824 g/mol. The van der Waals surface area contributed by atoms with Crippen LogP contribution in [0.2, 0.25) is 0 Å². The van der Waals surface area contributed by atoms with Crippen molar-refractivity contribution in [3.05, 3.63) is 168 Å². The molecule has 7 aromatic rings. The van der Waals surface area contributed by atoms with Gasteiger partial charge in [0.05, 0.1) is 14.2 Å². The van der Waals surface area contributed by atoms with Crippen LogP contribution in [-0.4, -0.2) is 17.5 Å². The first-order valence-corrected chi connectivity index (χ1v) is 19.0. The van der Waals surface area contributed by atoms with Gasteiger partial charge in [-0.3, -0.25) is 0 Å². The van der Waals surface area contributed by atoms with Crippen molar-refractivity contribution in [1.82, 2.24) is 0 Å². The molecule has 3 heteroatoms. The second kappa shape index (κ2) is 16.1. The molecule has 2 nitrogen and oxygen atoms in total. The number of methoxy groups -OCH3 is 2. The Morgan fingerprint density at radius 3 is 1.50 bits per heavy atom. The standard InChI is InChI=1S/C21H25.C13H13O2.C13H10.Hf/c1-20(2,3)16-7-9-18-14(12-16)11-15-13-17(21(4,5)6)8-10-19(15)18;1-14-12-9-5-8-11(13(12)15-2)10-6-3-4-7-10;1-3-7-12(8-4-1)11-13-9-5-2-6-10-13;/h7-13H,1-6H3;3-9H,1-2H3;1-10H;/q2*-1;;+2. The molecule has 0 amide bonds. The summed E-state index contributed by atoms with van der Waals surface area (Å²) >= 11 is 1.08. The molecule has 252 valence electrons. The zero-order valence-corrected chi connectivity index (χ0v) is 34.3. The van der Waals surface area contributed by atoms with E-state index >= 15 is 0 Å². The van der Waals surface area contributed by atoms with Crippen molar-refractivity contribution in [3.63, 3.8) is 0 Å². The topological polar surface area (TPSA) is 18.5 Å². The summed E-state index contributed by atoms with van der Waals surface area (Å²) in [6.45, 7) is 13.6. The third-order valence-corrected chi connectivity index (χ3v) is 11.0. The Balaban J connectivity index is 0.000000150. The first-order chi connectivity index (χ1) is 23.9. The Hall–Kier alpha value is -4.34. The second-order valence-electron chi connectivity index (χ2n) is 14.6. The molecule has 0 saturated heterocycles. The molecule has 0 fully saturated rings. The summed E-state index contributed by atoms with van der Waals surface area (Å²) in [6, 6.07) is 51.4. The van der Waals surface area contributed by atoms with Gasteiger partial charge in [-0.2, -0.15) is 18.2 Å². The maximum absolute atomic E-state index is 5.37. The molecule has 0 atom stereocenters. The summed E-state index contributed by atoms with van der Waals surface area (Å²) in [4.78, 5) is 0. The third kappa shape index (κ3) is 8.87. The van der Waals surface area contributed by atoms with Gasteiger partial charge in [0.15, 0.2) is 5.75 Å². The molecule has 0 saturated carbocycles. The Morgan fingerprint density at radius 1 is 0.560 bits per heavy atom. The Morgan fingerprint density at radius 2 is 1.08 bits per heavy atom. The van der Waals surface area contributed by atoms with E-state index in [1.165, 1.54) is 47.1 Å². The average molecular weight is 823 g/mol. The van der Waals surface area contributed by atoms with E-state index in [1.54, 1.807) is 14.2 Å². The molecule has 0 unspecified atom stereocenters. The molecule has 50 heavy (non-hydrogen) atoms. The summed E-state index contributed by atoms with van der Waals surface area (Å²) in [5, 5.41) is 5.48. The van der Waals surface area contributed by atoms with Crippen molar-refractivity contribution in [2.45, 2.75) is 52.4 Å². The van der Waals surface area contributed by atoms with Crippen LogP contribution < -0.4 is 9.47 Å². The van der Waals surface area contributed by atoms with Crippen LogP contribution in [0.5, 0.6) is 11.5 Å². The van der Waals surface area contributed by atoms with E-state index in [-0.39, 0.29) is 10.8 Å². The summed E-state index contributed by atoms with van der Waals surface area (Å²) in [5.41, 5.74) is 8.12. The predicted octanol–water partition coefficient (Wildman–Crippen LogP) is 12.2. The third-order valence-electron chi connectivity index (χ3n) is 8.94. The van der Waals surface area contributed by atoms with Crippen LogP contribution in [0.15, 0.2) is 146 Å². The zero-order chi connectivity index (χ0) is 35.9. The first-order valence-electron chi connectivity index (χ1n) is 17.2. The van der Waals surface area contributed by atoms with E-state index in [4.69, 9.17) is 9.47 Å². The summed E-state index contributed by atoms with van der Waals surface area (Å²) in [5.74, 6) is 1.54. The minimum absolute atomic E-state index is 0.203. The minimum atomic E-state index is 0.203. The number of fused-ring (bicyclic) bond motifs is 3. The van der Waals surface area contributed by atoms with Crippen molar-refractivity contribution in [1.29, 1.82) is 0 Å². The number of para-hydroxylation sites is 1.